The van der Waals surface area contributed by atoms with Crippen LogP contribution in [-0.2, 0) is 12.8 Å². The van der Waals surface area contributed by atoms with Crippen LogP contribution in [0.1, 0.15) is 27.8 Å². The zero-order valence-corrected chi connectivity index (χ0v) is 30.9. The first-order valence-corrected chi connectivity index (χ1v) is 19.1. The molecule has 0 fully saturated rings. The Kier molecular flexibility index (Phi) is 8.63. The Labute approximate surface area is 331 Å². The standard InChI is InChI=1S/C52H34N4O/c53-33-34-14-10-21-37(30-34)45-27-12-22-40-31-38-18-5-8-25-43(38)44-26-9-6-19-39(44)32-41-23-13-29-47(49(41)57-48(40)45)52-55-50(36-16-2-1-3-17-36)54-51(56-52)46-28-11-20-35-15-4-7-24-42(35)46/h1-30H,31-32H2. The van der Waals surface area contributed by atoms with Crippen molar-refractivity contribution in [3.8, 4) is 74.0 Å². The van der Waals surface area contributed by atoms with E-state index < -0.39 is 0 Å². The number of rotatable bonds is 4. The summed E-state index contributed by atoms with van der Waals surface area (Å²) in [6.07, 6.45) is 1.25. The molecule has 1 aliphatic heterocycles. The normalized spacial score (nSPS) is 11.8. The van der Waals surface area contributed by atoms with Crippen molar-refractivity contribution in [3.63, 3.8) is 0 Å². The lowest BCUT2D eigenvalue weighted by molar-refractivity contribution is 0.475. The maximum Gasteiger partial charge on any atom is 0.167 e. The lowest BCUT2D eigenvalue weighted by atomic mass is 9.89. The molecule has 0 unspecified atom stereocenters. The molecule has 0 N–H and O–H groups in total. The minimum absolute atomic E-state index is 0.514. The Morgan fingerprint density at radius 2 is 0.895 bits per heavy atom. The van der Waals surface area contributed by atoms with Crippen molar-refractivity contribution in [2.75, 3.05) is 0 Å². The van der Waals surface area contributed by atoms with Gasteiger partial charge in [-0.3, -0.25) is 0 Å². The van der Waals surface area contributed by atoms with Gasteiger partial charge in [0.25, 0.3) is 0 Å². The average molecular weight is 731 g/mol. The molecule has 5 heteroatoms. The highest BCUT2D eigenvalue weighted by molar-refractivity contribution is 5.95. The Hall–Kier alpha value is -7.68. The average Bonchev–Trinajstić information content (AvgIpc) is 3.30. The van der Waals surface area contributed by atoms with E-state index in [1.165, 1.54) is 22.3 Å². The van der Waals surface area contributed by atoms with Crippen molar-refractivity contribution >= 4 is 10.8 Å². The second-order valence-corrected chi connectivity index (χ2v) is 14.2. The van der Waals surface area contributed by atoms with E-state index in [1.54, 1.807) is 0 Å². The molecule has 9 aromatic rings. The fourth-order valence-corrected chi connectivity index (χ4v) is 7.99. The molecule has 8 aromatic carbocycles. The SMILES string of the molecule is N#Cc1cccc(-c2cccc3c2Oc2c(cccc2-c2nc(-c4ccccc4)nc(-c4cccc5ccccc45)n2)Cc2ccccc2-c2ccccc2C3)c1. The van der Waals surface area contributed by atoms with Crippen LogP contribution in [0.2, 0.25) is 0 Å². The van der Waals surface area contributed by atoms with Gasteiger partial charge in [0.15, 0.2) is 17.5 Å². The molecule has 0 amide bonds. The van der Waals surface area contributed by atoms with Gasteiger partial charge in [-0.15, -0.1) is 0 Å². The van der Waals surface area contributed by atoms with Crippen molar-refractivity contribution in [3.05, 3.63) is 210 Å². The molecule has 2 heterocycles. The molecule has 0 atom stereocenters. The molecular formula is C52H34N4O. The molecule has 0 saturated carbocycles. The van der Waals surface area contributed by atoms with E-state index in [-0.39, 0.29) is 0 Å². The number of hydrogen-bond acceptors (Lipinski definition) is 5. The lowest BCUT2D eigenvalue weighted by Crippen LogP contribution is -2.04. The fraction of sp³-hybridized carbons (Fsp3) is 0.0385. The van der Waals surface area contributed by atoms with Gasteiger partial charge >= 0.3 is 0 Å². The molecule has 1 aromatic heterocycles. The minimum Gasteiger partial charge on any atom is -0.455 e. The molecule has 0 bridgehead atoms. The predicted octanol–water partition coefficient (Wildman–Crippen LogP) is 12.5. The molecule has 57 heavy (non-hydrogen) atoms. The molecule has 0 aliphatic carbocycles. The highest BCUT2D eigenvalue weighted by Crippen LogP contribution is 2.45. The van der Waals surface area contributed by atoms with Crippen molar-refractivity contribution in [1.29, 1.82) is 5.26 Å². The Morgan fingerprint density at radius 1 is 0.404 bits per heavy atom. The van der Waals surface area contributed by atoms with Gasteiger partial charge in [-0.2, -0.15) is 5.26 Å². The summed E-state index contributed by atoms with van der Waals surface area (Å²) >= 11 is 0. The summed E-state index contributed by atoms with van der Waals surface area (Å²) in [5.41, 5.74) is 11.8. The summed E-state index contributed by atoms with van der Waals surface area (Å²) in [6, 6.07) is 64.5. The summed E-state index contributed by atoms with van der Waals surface area (Å²) in [7, 11) is 0. The zero-order valence-electron chi connectivity index (χ0n) is 30.9. The van der Waals surface area contributed by atoms with Gasteiger partial charge in [-0.25, -0.2) is 15.0 Å². The van der Waals surface area contributed by atoms with Crippen molar-refractivity contribution < 1.29 is 4.74 Å². The van der Waals surface area contributed by atoms with Crippen LogP contribution in [0.3, 0.4) is 0 Å². The Balaban J connectivity index is 1.25. The first-order valence-electron chi connectivity index (χ1n) is 19.1. The fourth-order valence-electron chi connectivity index (χ4n) is 7.99. The number of hydrogen-bond donors (Lipinski definition) is 0. The topological polar surface area (TPSA) is 71.7 Å². The van der Waals surface area contributed by atoms with Crippen LogP contribution in [0.5, 0.6) is 11.5 Å². The first kappa shape index (κ1) is 33.9. The molecular weight excluding hydrogens is 697 g/mol. The number of benzene rings is 8. The maximum atomic E-state index is 9.88. The van der Waals surface area contributed by atoms with Crippen LogP contribution >= 0.6 is 0 Å². The summed E-state index contributed by atoms with van der Waals surface area (Å²) in [5.74, 6) is 3.08. The van der Waals surface area contributed by atoms with Gasteiger partial charge in [0, 0.05) is 29.5 Å². The zero-order chi connectivity index (χ0) is 38.1. The predicted molar refractivity (Wildman–Crippen MR) is 228 cm³/mol. The largest absolute Gasteiger partial charge is 0.455 e. The second-order valence-electron chi connectivity index (χ2n) is 14.2. The lowest BCUT2D eigenvalue weighted by Gasteiger charge is -2.20. The Bertz CT molecular complexity index is 3010. The molecule has 5 nitrogen and oxygen atoms in total. The second kappa shape index (κ2) is 14.5. The number of ether oxygens (including phenoxy) is 1. The van der Waals surface area contributed by atoms with E-state index in [2.05, 4.69) is 121 Å². The molecule has 268 valence electrons. The van der Waals surface area contributed by atoms with Crippen LogP contribution in [0.4, 0.5) is 0 Å². The monoisotopic (exact) mass is 730 g/mol. The van der Waals surface area contributed by atoms with Crippen LogP contribution < -0.4 is 4.74 Å². The quantitative estimate of drug-likeness (QED) is 0.180. The summed E-state index contributed by atoms with van der Waals surface area (Å²) in [4.78, 5) is 15.6. The highest BCUT2D eigenvalue weighted by atomic mass is 16.5. The summed E-state index contributed by atoms with van der Waals surface area (Å²) in [5, 5.41) is 12.1. The molecule has 10 rings (SSSR count). The molecule has 0 radical (unpaired) electrons. The maximum absolute atomic E-state index is 9.88. The van der Waals surface area contributed by atoms with Gasteiger partial charge < -0.3 is 4.74 Å². The van der Waals surface area contributed by atoms with E-state index in [1.807, 2.05) is 66.7 Å². The van der Waals surface area contributed by atoms with Gasteiger partial charge in [-0.05, 0) is 67.9 Å². The minimum atomic E-state index is 0.514. The van der Waals surface area contributed by atoms with Gasteiger partial charge in [0.05, 0.1) is 17.2 Å². The molecule has 0 spiro atoms. The van der Waals surface area contributed by atoms with Crippen LogP contribution in [-0.4, -0.2) is 15.0 Å². The smallest absolute Gasteiger partial charge is 0.167 e. The third-order valence-electron chi connectivity index (χ3n) is 10.7. The number of para-hydroxylation sites is 2. The van der Waals surface area contributed by atoms with Crippen LogP contribution in [0.15, 0.2) is 182 Å². The van der Waals surface area contributed by atoms with Crippen molar-refractivity contribution in [2.24, 2.45) is 0 Å². The summed E-state index contributed by atoms with van der Waals surface area (Å²) in [6.45, 7) is 0. The van der Waals surface area contributed by atoms with E-state index >= 15 is 0 Å². The summed E-state index contributed by atoms with van der Waals surface area (Å²) < 4.78 is 7.43. The van der Waals surface area contributed by atoms with Crippen LogP contribution in [0.25, 0.3) is 67.2 Å². The third kappa shape index (κ3) is 6.40. The molecule has 0 saturated heterocycles. The Morgan fingerprint density at radius 3 is 1.63 bits per heavy atom. The van der Waals surface area contributed by atoms with E-state index in [4.69, 9.17) is 19.7 Å². The van der Waals surface area contributed by atoms with Gasteiger partial charge in [-0.1, -0.05) is 164 Å². The number of aromatic nitrogens is 3. The van der Waals surface area contributed by atoms with Gasteiger partial charge in [0.2, 0.25) is 0 Å². The first-order chi connectivity index (χ1) is 28.2. The number of nitrogens with zero attached hydrogens (tertiary/aromatic N) is 4. The van der Waals surface area contributed by atoms with Crippen molar-refractivity contribution in [1.82, 2.24) is 15.0 Å². The van der Waals surface area contributed by atoms with E-state index in [0.29, 0.717) is 41.6 Å². The van der Waals surface area contributed by atoms with Crippen molar-refractivity contribution in [2.45, 2.75) is 12.8 Å². The van der Waals surface area contributed by atoms with Crippen LogP contribution in [0, 0.1) is 11.3 Å². The van der Waals surface area contributed by atoms with Gasteiger partial charge in [0.1, 0.15) is 11.5 Å². The van der Waals surface area contributed by atoms with E-state index in [9.17, 15) is 5.26 Å². The third-order valence-corrected chi connectivity index (χ3v) is 10.7. The number of fused-ring (bicyclic) bond motifs is 6. The number of nitriles is 1. The highest BCUT2D eigenvalue weighted by Gasteiger charge is 2.24. The molecule has 1 aliphatic rings. The van der Waals surface area contributed by atoms with E-state index in [0.717, 1.165) is 55.5 Å².